The predicted octanol–water partition coefficient (Wildman–Crippen LogP) is 2.28. The van der Waals surface area contributed by atoms with Crippen LogP contribution in [0, 0.1) is 0 Å². The summed E-state index contributed by atoms with van der Waals surface area (Å²) in [6.07, 6.45) is 1.40. The van der Waals surface area contributed by atoms with Crippen molar-refractivity contribution >= 4 is 13.3 Å². The molecule has 0 spiro atoms. The van der Waals surface area contributed by atoms with Crippen molar-refractivity contribution in [3.05, 3.63) is 0 Å². The van der Waals surface area contributed by atoms with Gasteiger partial charge in [0.1, 0.15) is 0 Å². The molecule has 0 aromatic rings. The van der Waals surface area contributed by atoms with E-state index in [1.54, 1.807) is 0 Å². The van der Waals surface area contributed by atoms with Crippen LogP contribution in [0.1, 0.15) is 6.42 Å². The Balaban J connectivity index is 3.21. The molecule has 0 N–H and O–H groups in total. The van der Waals surface area contributed by atoms with Gasteiger partial charge < -0.3 is 0 Å². The minimum absolute atomic E-state index is 1.19. The maximum atomic E-state index is 2.48. The van der Waals surface area contributed by atoms with E-state index < -0.39 is 13.3 Å². The molecule has 0 bridgehead atoms. The fraction of sp³-hybridized carbons (Fsp3) is 1.00. The van der Waals surface area contributed by atoms with E-state index in [-0.39, 0.29) is 0 Å². The fourth-order valence-corrected chi connectivity index (χ4v) is 3.48. The summed E-state index contributed by atoms with van der Waals surface area (Å²) in [7, 11) is 4.30. The first-order valence-electron chi connectivity index (χ1n) is 4.06. The summed E-state index contributed by atoms with van der Waals surface area (Å²) >= 11 is -1.19. The Bertz CT molecular complexity index is 83.7. The van der Waals surface area contributed by atoms with E-state index in [0.29, 0.717) is 0 Å². The molecule has 0 unspecified atom stereocenters. The molecule has 0 aromatic heterocycles. The Morgan fingerprint density at radius 1 is 1.10 bits per heavy atom. The van der Waals surface area contributed by atoms with Crippen molar-refractivity contribution < 1.29 is 0 Å². The number of hydrogen-bond acceptors (Lipinski definition) is 1. The van der Waals surface area contributed by atoms with Crippen LogP contribution in [-0.4, -0.2) is 38.8 Å². The van der Waals surface area contributed by atoms with E-state index in [4.69, 9.17) is 0 Å². The molecular formula is C8H21GeN. The zero-order valence-corrected chi connectivity index (χ0v) is 10.2. The van der Waals surface area contributed by atoms with E-state index in [9.17, 15) is 0 Å². The zero-order valence-electron chi connectivity index (χ0n) is 8.07. The summed E-state index contributed by atoms with van der Waals surface area (Å²) in [6.45, 7) is 1.27. The van der Waals surface area contributed by atoms with E-state index in [0.717, 1.165) is 0 Å². The monoisotopic (exact) mass is 205 g/mol. The van der Waals surface area contributed by atoms with Crippen LogP contribution in [0.3, 0.4) is 0 Å². The molecule has 0 amide bonds. The summed E-state index contributed by atoms with van der Waals surface area (Å²) in [4.78, 5) is 2.27. The van der Waals surface area contributed by atoms with Crippen LogP contribution < -0.4 is 0 Å². The molecule has 1 nitrogen and oxygen atoms in total. The van der Waals surface area contributed by atoms with Crippen molar-refractivity contribution in [2.75, 3.05) is 20.6 Å². The Morgan fingerprint density at radius 3 is 1.90 bits per heavy atom. The third kappa shape index (κ3) is 8.50. The van der Waals surface area contributed by atoms with Gasteiger partial charge in [-0.2, -0.15) is 0 Å². The van der Waals surface area contributed by atoms with E-state index >= 15 is 0 Å². The van der Waals surface area contributed by atoms with Crippen molar-refractivity contribution in [3.63, 3.8) is 0 Å². The molecule has 0 radical (unpaired) electrons. The molecule has 0 aliphatic rings. The van der Waals surface area contributed by atoms with Crippen LogP contribution in [-0.2, 0) is 0 Å². The van der Waals surface area contributed by atoms with Gasteiger partial charge in [-0.15, -0.1) is 0 Å². The zero-order chi connectivity index (χ0) is 8.20. The summed E-state index contributed by atoms with van der Waals surface area (Å²) in [5, 5.41) is 1.51. The summed E-state index contributed by atoms with van der Waals surface area (Å²) < 4.78 is 0. The molecular weight excluding hydrogens is 183 g/mol. The predicted molar refractivity (Wildman–Crippen MR) is 51.3 cm³/mol. The number of hydrogen-bond donors (Lipinski definition) is 0. The van der Waals surface area contributed by atoms with Crippen LogP contribution in [0.15, 0.2) is 0 Å². The van der Waals surface area contributed by atoms with Crippen LogP contribution in [0.5, 0.6) is 0 Å². The summed E-state index contributed by atoms with van der Waals surface area (Å²) in [5.41, 5.74) is 0. The second kappa shape index (κ2) is 4.40. The fourth-order valence-electron chi connectivity index (χ4n) is 0.926. The number of nitrogens with zero attached hydrogens (tertiary/aromatic N) is 1. The van der Waals surface area contributed by atoms with Gasteiger partial charge in [0.05, 0.1) is 0 Å². The summed E-state index contributed by atoms with van der Waals surface area (Å²) in [5.74, 6) is 7.45. The third-order valence-corrected chi connectivity index (χ3v) is 5.42. The molecule has 0 aliphatic carbocycles. The number of rotatable bonds is 4. The van der Waals surface area contributed by atoms with E-state index in [1.165, 1.54) is 18.2 Å². The first-order chi connectivity index (χ1) is 4.42. The molecule has 2 heteroatoms. The van der Waals surface area contributed by atoms with Crippen LogP contribution in [0.2, 0.25) is 22.5 Å². The van der Waals surface area contributed by atoms with Gasteiger partial charge in [0.25, 0.3) is 0 Å². The second-order valence-corrected chi connectivity index (χ2v) is 16.3. The van der Waals surface area contributed by atoms with Crippen LogP contribution >= 0.6 is 0 Å². The molecule has 0 saturated carbocycles. The van der Waals surface area contributed by atoms with Crippen molar-refractivity contribution in [1.29, 1.82) is 0 Å². The molecule has 0 heterocycles. The van der Waals surface area contributed by atoms with Gasteiger partial charge in [-0.25, -0.2) is 0 Å². The standard InChI is InChI=1S/C8H21GeN/c1-9(2,3)7-6-8-10(4)5/h6-8H2,1-5H3. The Morgan fingerprint density at radius 2 is 1.60 bits per heavy atom. The van der Waals surface area contributed by atoms with Gasteiger partial charge in [-0.3, -0.25) is 0 Å². The molecule has 0 fully saturated rings. The molecule has 0 atom stereocenters. The van der Waals surface area contributed by atoms with Crippen molar-refractivity contribution in [1.82, 2.24) is 4.90 Å². The summed E-state index contributed by atoms with van der Waals surface area (Å²) in [6, 6.07) is 0. The third-order valence-electron chi connectivity index (χ3n) is 1.53. The Kier molecular flexibility index (Phi) is 4.62. The van der Waals surface area contributed by atoms with Gasteiger partial charge in [0, 0.05) is 0 Å². The van der Waals surface area contributed by atoms with E-state index in [2.05, 4.69) is 36.3 Å². The molecule has 0 aliphatic heterocycles. The van der Waals surface area contributed by atoms with Gasteiger partial charge in [0.2, 0.25) is 0 Å². The first kappa shape index (κ1) is 10.5. The average Bonchev–Trinajstić information content (AvgIpc) is 1.59. The van der Waals surface area contributed by atoms with Crippen LogP contribution in [0.4, 0.5) is 0 Å². The second-order valence-electron chi connectivity index (χ2n) is 4.47. The van der Waals surface area contributed by atoms with Crippen molar-refractivity contribution in [3.8, 4) is 0 Å². The van der Waals surface area contributed by atoms with E-state index in [1.807, 2.05) is 0 Å². The minimum atomic E-state index is -1.19. The maximum absolute atomic E-state index is 2.48. The molecule has 0 rings (SSSR count). The topological polar surface area (TPSA) is 3.24 Å². The van der Waals surface area contributed by atoms with Gasteiger partial charge in [-0.05, 0) is 0 Å². The van der Waals surface area contributed by atoms with Gasteiger partial charge >= 0.3 is 67.7 Å². The normalized spacial score (nSPS) is 12.6. The quantitative estimate of drug-likeness (QED) is 0.634. The molecule has 0 aromatic carbocycles. The van der Waals surface area contributed by atoms with Crippen LogP contribution in [0.25, 0.3) is 0 Å². The Hall–Kier alpha value is 0.503. The Labute approximate surface area is 68.2 Å². The molecule has 62 valence electrons. The first-order valence-corrected chi connectivity index (χ1v) is 11.8. The average molecular weight is 204 g/mol. The van der Waals surface area contributed by atoms with Crippen molar-refractivity contribution in [2.24, 2.45) is 0 Å². The SMILES string of the molecule is CN(C)CC[CH2][Ge]([CH3])([CH3])[CH3]. The molecule has 10 heavy (non-hydrogen) atoms. The van der Waals surface area contributed by atoms with Gasteiger partial charge in [0.15, 0.2) is 0 Å². The molecule has 0 saturated heterocycles. The van der Waals surface area contributed by atoms with Crippen molar-refractivity contribution in [2.45, 2.75) is 28.9 Å². The van der Waals surface area contributed by atoms with Gasteiger partial charge in [-0.1, -0.05) is 0 Å².